The van der Waals surface area contributed by atoms with Gasteiger partial charge in [-0.2, -0.15) is 0 Å². The third-order valence-electron chi connectivity index (χ3n) is 6.26. The zero-order valence-electron chi connectivity index (χ0n) is 19.4. The van der Waals surface area contributed by atoms with Gasteiger partial charge in [0.15, 0.2) is 0 Å². The summed E-state index contributed by atoms with van der Waals surface area (Å²) in [6.07, 6.45) is 1.72. The van der Waals surface area contributed by atoms with Crippen molar-refractivity contribution < 1.29 is 9.53 Å². The highest BCUT2D eigenvalue weighted by Crippen LogP contribution is 2.29. The Bertz CT molecular complexity index is 1310. The molecular formula is C28H27ClN4O2. The van der Waals surface area contributed by atoms with Crippen LogP contribution in [0.4, 0.5) is 17.1 Å². The average Bonchev–Trinajstić information content (AvgIpc) is 2.90. The Hall–Kier alpha value is -3.61. The lowest BCUT2D eigenvalue weighted by Gasteiger charge is -2.35. The van der Waals surface area contributed by atoms with Crippen molar-refractivity contribution in [3.63, 3.8) is 0 Å². The standard InChI is InChI=1S/C28H27ClN4O2/c29-21-10-11-23-26(12-13-30-27(23)20-21)31-25-9-5-4-8-24(25)28(34)35-19-18-32-14-16-33(17-15-32)22-6-2-1-3-7-22/h1-13,20H,14-19H2,(H,30,31). The number of hydrogen-bond acceptors (Lipinski definition) is 6. The van der Waals surface area contributed by atoms with Crippen LogP contribution in [-0.4, -0.2) is 55.2 Å². The second-order valence-electron chi connectivity index (χ2n) is 8.49. The predicted octanol–water partition coefficient (Wildman–Crippen LogP) is 5.61. The number of nitrogens with zero attached hydrogens (tertiary/aromatic N) is 3. The molecule has 4 aromatic rings. The van der Waals surface area contributed by atoms with Gasteiger partial charge in [0.05, 0.1) is 16.8 Å². The minimum absolute atomic E-state index is 0.336. The van der Waals surface area contributed by atoms with Crippen molar-refractivity contribution in [3.8, 4) is 0 Å². The van der Waals surface area contributed by atoms with E-state index in [2.05, 4.69) is 44.4 Å². The van der Waals surface area contributed by atoms with Gasteiger partial charge in [0, 0.05) is 60.7 Å². The molecule has 35 heavy (non-hydrogen) atoms. The number of rotatable bonds is 7. The second kappa shape index (κ2) is 10.8. The minimum Gasteiger partial charge on any atom is -0.461 e. The summed E-state index contributed by atoms with van der Waals surface area (Å²) >= 11 is 6.11. The molecule has 1 N–H and O–H groups in total. The van der Waals surface area contributed by atoms with Gasteiger partial charge in [0.2, 0.25) is 0 Å². The second-order valence-corrected chi connectivity index (χ2v) is 8.93. The number of fused-ring (bicyclic) bond motifs is 1. The molecule has 0 saturated carbocycles. The molecule has 6 nitrogen and oxygen atoms in total. The van der Waals surface area contributed by atoms with Crippen LogP contribution in [0.25, 0.3) is 10.9 Å². The molecule has 1 fully saturated rings. The highest BCUT2D eigenvalue weighted by Gasteiger charge is 2.18. The van der Waals surface area contributed by atoms with E-state index in [-0.39, 0.29) is 5.97 Å². The molecule has 2 heterocycles. The van der Waals surface area contributed by atoms with Crippen LogP contribution in [0.1, 0.15) is 10.4 Å². The summed E-state index contributed by atoms with van der Waals surface area (Å²) in [4.78, 5) is 22.0. The topological polar surface area (TPSA) is 57.7 Å². The van der Waals surface area contributed by atoms with Crippen molar-refractivity contribution in [2.75, 3.05) is 49.5 Å². The molecule has 3 aromatic carbocycles. The van der Waals surface area contributed by atoms with E-state index in [9.17, 15) is 4.79 Å². The molecule has 0 unspecified atom stereocenters. The van der Waals surface area contributed by atoms with Gasteiger partial charge in [-0.15, -0.1) is 0 Å². The number of hydrogen-bond donors (Lipinski definition) is 1. The van der Waals surface area contributed by atoms with Crippen LogP contribution in [-0.2, 0) is 4.74 Å². The van der Waals surface area contributed by atoms with E-state index in [0.29, 0.717) is 22.9 Å². The quantitative estimate of drug-likeness (QED) is 0.343. The molecule has 1 aromatic heterocycles. The molecule has 178 valence electrons. The number of anilines is 3. The van der Waals surface area contributed by atoms with Crippen LogP contribution in [0.3, 0.4) is 0 Å². The van der Waals surface area contributed by atoms with Crippen molar-refractivity contribution in [1.82, 2.24) is 9.88 Å². The van der Waals surface area contributed by atoms with Gasteiger partial charge in [-0.25, -0.2) is 4.79 Å². The van der Waals surface area contributed by atoms with E-state index >= 15 is 0 Å². The smallest absolute Gasteiger partial charge is 0.340 e. The first-order valence-corrected chi connectivity index (χ1v) is 12.1. The molecule has 1 saturated heterocycles. The zero-order chi connectivity index (χ0) is 24.0. The first kappa shape index (κ1) is 23.1. The number of carbonyl (C=O) groups is 1. The molecule has 0 radical (unpaired) electrons. The normalized spacial score (nSPS) is 14.1. The highest BCUT2D eigenvalue weighted by molar-refractivity contribution is 6.31. The fraction of sp³-hybridized carbons (Fsp3) is 0.214. The summed E-state index contributed by atoms with van der Waals surface area (Å²) in [6.45, 7) is 4.91. The van der Waals surface area contributed by atoms with Gasteiger partial charge in [0.25, 0.3) is 0 Å². The lowest BCUT2D eigenvalue weighted by Crippen LogP contribution is -2.47. The summed E-state index contributed by atoms with van der Waals surface area (Å²) in [6, 6.07) is 25.3. The first-order valence-electron chi connectivity index (χ1n) is 11.8. The van der Waals surface area contributed by atoms with Crippen LogP contribution >= 0.6 is 11.6 Å². The summed E-state index contributed by atoms with van der Waals surface area (Å²) in [5, 5.41) is 4.93. The Morgan fingerprint density at radius 3 is 2.51 bits per heavy atom. The fourth-order valence-electron chi connectivity index (χ4n) is 4.36. The molecular weight excluding hydrogens is 460 g/mol. The minimum atomic E-state index is -0.336. The third-order valence-corrected chi connectivity index (χ3v) is 6.49. The number of benzene rings is 3. The van der Waals surface area contributed by atoms with Gasteiger partial charge in [-0.05, 0) is 48.5 Å². The largest absolute Gasteiger partial charge is 0.461 e. The van der Waals surface area contributed by atoms with E-state index < -0.39 is 0 Å². The molecule has 0 spiro atoms. The van der Waals surface area contributed by atoms with Gasteiger partial charge >= 0.3 is 5.97 Å². The summed E-state index contributed by atoms with van der Waals surface area (Å²) in [5.41, 5.74) is 4.09. The van der Waals surface area contributed by atoms with E-state index in [1.807, 2.05) is 48.5 Å². The third kappa shape index (κ3) is 5.56. The number of nitrogens with one attached hydrogen (secondary N) is 1. The number of aromatic nitrogens is 1. The SMILES string of the molecule is O=C(OCCN1CCN(c2ccccc2)CC1)c1ccccc1Nc1ccnc2cc(Cl)ccc12. The Labute approximate surface area is 210 Å². The molecule has 1 aliphatic rings. The van der Waals surface area contributed by atoms with Crippen LogP contribution in [0.5, 0.6) is 0 Å². The van der Waals surface area contributed by atoms with E-state index in [1.54, 1.807) is 12.3 Å². The van der Waals surface area contributed by atoms with E-state index in [1.165, 1.54) is 5.69 Å². The molecule has 0 aliphatic carbocycles. The number of pyridine rings is 1. The van der Waals surface area contributed by atoms with E-state index in [4.69, 9.17) is 16.3 Å². The monoisotopic (exact) mass is 486 g/mol. The summed E-state index contributed by atoms with van der Waals surface area (Å²) in [7, 11) is 0. The highest BCUT2D eigenvalue weighted by atomic mass is 35.5. The average molecular weight is 487 g/mol. The maximum atomic E-state index is 12.9. The maximum Gasteiger partial charge on any atom is 0.340 e. The van der Waals surface area contributed by atoms with Gasteiger partial charge in [-0.1, -0.05) is 41.9 Å². The Morgan fingerprint density at radius 2 is 1.69 bits per heavy atom. The maximum absolute atomic E-state index is 12.9. The van der Waals surface area contributed by atoms with Crippen LogP contribution < -0.4 is 10.2 Å². The Balaban J connectivity index is 1.18. The number of halogens is 1. The van der Waals surface area contributed by atoms with Crippen LogP contribution in [0, 0.1) is 0 Å². The Kier molecular flexibility index (Phi) is 7.12. The van der Waals surface area contributed by atoms with Crippen LogP contribution in [0.15, 0.2) is 85.1 Å². The zero-order valence-corrected chi connectivity index (χ0v) is 20.1. The molecule has 1 aliphatic heterocycles. The lowest BCUT2D eigenvalue weighted by molar-refractivity contribution is 0.0460. The number of carbonyl (C=O) groups excluding carboxylic acids is 1. The molecule has 0 amide bonds. The molecule has 7 heteroatoms. The van der Waals surface area contributed by atoms with Gasteiger partial charge in [0.1, 0.15) is 6.61 Å². The molecule has 0 atom stereocenters. The predicted molar refractivity (Wildman–Crippen MR) is 142 cm³/mol. The van der Waals surface area contributed by atoms with Crippen LogP contribution in [0.2, 0.25) is 5.02 Å². The fourth-order valence-corrected chi connectivity index (χ4v) is 4.53. The van der Waals surface area contributed by atoms with Crippen molar-refractivity contribution in [2.24, 2.45) is 0 Å². The van der Waals surface area contributed by atoms with Crippen molar-refractivity contribution in [2.45, 2.75) is 0 Å². The van der Waals surface area contributed by atoms with Gasteiger partial charge < -0.3 is 15.0 Å². The number of ether oxygens (including phenoxy) is 1. The number of esters is 1. The summed E-state index contributed by atoms with van der Waals surface area (Å²) in [5.74, 6) is -0.336. The number of para-hydroxylation sites is 2. The van der Waals surface area contributed by atoms with Gasteiger partial charge in [-0.3, -0.25) is 9.88 Å². The van der Waals surface area contributed by atoms with Crippen molar-refractivity contribution >= 4 is 45.5 Å². The van der Waals surface area contributed by atoms with Crippen molar-refractivity contribution in [1.29, 1.82) is 0 Å². The lowest BCUT2D eigenvalue weighted by atomic mass is 10.1. The van der Waals surface area contributed by atoms with E-state index in [0.717, 1.165) is 49.3 Å². The molecule has 0 bridgehead atoms. The Morgan fingerprint density at radius 1 is 0.914 bits per heavy atom. The van der Waals surface area contributed by atoms with Crippen molar-refractivity contribution in [3.05, 3.63) is 95.6 Å². The molecule has 5 rings (SSSR count). The first-order chi connectivity index (χ1) is 17.2. The number of piperazine rings is 1. The summed E-state index contributed by atoms with van der Waals surface area (Å²) < 4.78 is 5.66.